The molecule has 0 bridgehead atoms. The van der Waals surface area contributed by atoms with Gasteiger partial charge in [0.15, 0.2) is 5.82 Å². The molecule has 0 amide bonds. The number of hydrogen-bond acceptors (Lipinski definition) is 6. The number of nitrogens with zero attached hydrogens (tertiary/aromatic N) is 3. The summed E-state index contributed by atoms with van der Waals surface area (Å²) in [5.74, 6) is 3.58. The Labute approximate surface area is 110 Å². The third kappa shape index (κ3) is 3.46. The van der Waals surface area contributed by atoms with Crippen molar-refractivity contribution in [1.82, 2.24) is 15.1 Å². The monoisotopic (exact) mass is 265 g/mol. The van der Waals surface area contributed by atoms with Crippen LogP contribution in [0.4, 0.5) is 0 Å². The molecule has 0 spiro atoms. The zero-order valence-corrected chi connectivity index (χ0v) is 11.1. The molecule has 2 rings (SSSR count). The highest BCUT2D eigenvalue weighted by Gasteiger charge is 2.10. The predicted molar refractivity (Wildman–Crippen MR) is 70.2 cm³/mol. The van der Waals surface area contributed by atoms with E-state index in [9.17, 15) is 5.11 Å². The topological polar surface area (TPSA) is 72.0 Å². The van der Waals surface area contributed by atoms with Crippen molar-refractivity contribution < 1.29 is 9.63 Å². The standard InChI is InChI=1S/C12H15N3O2S/c1-8(2)6-18-7-11-14-12(17-15-11)9-3-10(16)5-13-4-9/h3-5,8,16H,6-7H2,1-2H3. The number of pyridine rings is 1. The summed E-state index contributed by atoms with van der Waals surface area (Å²) in [6.45, 7) is 4.35. The number of aromatic nitrogens is 3. The molecule has 0 atom stereocenters. The van der Waals surface area contributed by atoms with Crippen LogP contribution in [0.3, 0.4) is 0 Å². The van der Waals surface area contributed by atoms with Crippen molar-refractivity contribution in [3.63, 3.8) is 0 Å². The molecule has 2 heterocycles. The summed E-state index contributed by atoms with van der Waals surface area (Å²) in [7, 11) is 0. The van der Waals surface area contributed by atoms with Crippen LogP contribution >= 0.6 is 11.8 Å². The molecule has 18 heavy (non-hydrogen) atoms. The Morgan fingerprint density at radius 1 is 1.39 bits per heavy atom. The summed E-state index contributed by atoms with van der Waals surface area (Å²) in [5.41, 5.74) is 0.627. The Kier molecular flexibility index (Phi) is 4.19. The van der Waals surface area contributed by atoms with E-state index in [2.05, 4.69) is 29.0 Å². The molecule has 2 aromatic rings. The maximum absolute atomic E-state index is 9.33. The summed E-state index contributed by atoms with van der Waals surface area (Å²) >= 11 is 1.78. The molecule has 0 unspecified atom stereocenters. The van der Waals surface area contributed by atoms with Gasteiger partial charge in [-0.1, -0.05) is 19.0 Å². The fraction of sp³-hybridized carbons (Fsp3) is 0.417. The lowest BCUT2D eigenvalue weighted by molar-refractivity contribution is 0.424. The third-order valence-electron chi connectivity index (χ3n) is 2.12. The number of rotatable bonds is 5. The molecule has 0 saturated carbocycles. The first-order valence-corrected chi connectivity index (χ1v) is 6.85. The molecule has 0 saturated heterocycles. The lowest BCUT2D eigenvalue weighted by atomic mass is 10.3. The maximum Gasteiger partial charge on any atom is 0.259 e. The van der Waals surface area contributed by atoms with Gasteiger partial charge in [-0.05, 0) is 17.7 Å². The molecule has 5 nitrogen and oxygen atoms in total. The van der Waals surface area contributed by atoms with Crippen LogP contribution in [-0.2, 0) is 5.75 Å². The van der Waals surface area contributed by atoms with Gasteiger partial charge in [-0.2, -0.15) is 16.7 Å². The van der Waals surface area contributed by atoms with E-state index >= 15 is 0 Å². The molecule has 2 aromatic heterocycles. The van der Waals surface area contributed by atoms with E-state index < -0.39 is 0 Å². The predicted octanol–water partition coefficient (Wildman–Crippen LogP) is 2.73. The van der Waals surface area contributed by atoms with Gasteiger partial charge in [-0.3, -0.25) is 4.98 Å². The summed E-state index contributed by atoms with van der Waals surface area (Å²) in [4.78, 5) is 8.14. The van der Waals surface area contributed by atoms with E-state index in [0.717, 1.165) is 11.5 Å². The minimum Gasteiger partial charge on any atom is -0.506 e. The fourth-order valence-electron chi connectivity index (χ4n) is 1.36. The molecule has 1 N–H and O–H groups in total. The van der Waals surface area contributed by atoms with Crippen LogP contribution in [0.1, 0.15) is 19.7 Å². The first-order valence-electron chi connectivity index (χ1n) is 5.70. The first-order chi connectivity index (χ1) is 8.65. The minimum absolute atomic E-state index is 0.0847. The zero-order chi connectivity index (χ0) is 13.0. The quantitative estimate of drug-likeness (QED) is 0.896. The van der Waals surface area contributed by atoms with Crippen LogP contribution in [-0.4, -0.2) is 26.0 Å². The fourth-order valence-corrected chi connectivity index (χ4v) is 2.25. The third-order valence-corrected chi connectivity index (χ3v) is 3.49. The zero-order valence-electron chi connectivity index (χ0n) is 10.3. The second kappa shape index (κ2) is 5.86. The van der Waals surface area contributed by atoms with E-state index in [1.54, 1.807) is 24.0 Å². The smallest absolute Gasteiger partial charge is 0.259 e. The summed E-state index contributed by atoms with van der Waals surface area (Å²) in [6, 6.07) is 1.55. The van der Waals surface area contributed by atoms with Gasteiger partial charge in [0.05, 0.1) is 17.5 Å². The van der Waals surface area contributed by atoms with Gasteiger partial charge in [0.2, 0.25) is 0 Å². The lowest BCUT2D eigenvalue weighted by Crippen LogP contribution is -1.92. The molecule has 6 heteroatoms. The van der Waals surface area contributed by atoms with Gasteiger partial charge < -0.3 is 9.63 Å². The van der Waals surface area contributed by atoms with Gasteiger partial charge >= 0.3 is 0 Å². The molecule has 0 fully saturated rings. The second-order valence-electron chi connectivity index (χ2n) is 4.36. The molecule has 0 aliphatic heterocycles. The molecule has 0 aliphatic carbocycles. The van der Waals surface area contributed by atoms with Gasteiger partial charge in [-0.25, -0.2) is 0 Å². The van der Waals surface area contributed by atoms with E-state index in [4.69, 9.17) is 4.52 Å². The molecular weight excluding hydrogens is 250 g/mol. The van der Waals surface area contributed by atoms with E-state index in [1.807, 2.05) is 0 Å². The number of aromatic hydroxyl groups is 1. The highest BCUT2D eigenvalue weighted by atomic mass is 32.2. The number of hydrogen-bond donors (Lipinski definition) is 1. The van der Waals surface area contributed by atoms with E-state index in [1.165, 1.54) is 6.20 Å². The van der Waals surface area contributed by atoms with Crippen molar-refractivity contribution in [2.24, 2.45) is 5.92 Å². The highest BCUT2D eigenvalue weighted by Crippen LogP contribution is 2.21. The SMILES string of the molecule is CC(C)CSCc1noc(-c2cncc(O)c2)n1. The van der Waals surface area contributed by atoms with Crippen LogP contribution in [0.5, 0.6) is 5.75 Å². The van der Waals surface area contributed by atoms with Crippen LogP contribution in [0, 0.1) is 5.92 Å². The van der Waals surface area contributed by atoms with Crippen molar-refractivity contribution in [2.75, 3.05) is 5.75 Å². The average molecular weight is 265 g/mol. The van der Waals surface area contributed by atoms with Crippen molar-refractivity contribution in [3.05, 3.63) is 24.3 Å². The van der Waals surface area contributed by atoms with Crippen LogP contribution < -0.4 is 0 Å². The Morgan fingerprint density at radius 2 is 2.22 bits per heavy atom. The Morgan fingerprint density at radius 3 is 2.94 bits per heavy atom. The van der Waals surface area contributed by atoms with Crippen molar-refractivity contribution >= 4 is 11.8 Å². The van der Waals surface area contributed by atoms with Crippen molar-refractivity contribution in [1.29, 1.82) is 0 Å². The highest BCUT2D eigenvalue weighted by molar-refractivity contribution is 7.98. The van der Waals surface area contributed by atoms with E-state index in [-0.39, 0.29) is 5.75 Å². The number of thioether (sulfide) groups is 1. The molecule has 0 aromatic carbocycles. The first kappa shape index (κ1) is 12.9. The van der Waals surface area contributed by atoms with Gasteiger partial charge in [0, 0.05) is 6.20 Å². The summed E-state index contributed by atoms with van der Waals surface area (Å²) in [6.07, 6.45) is 2.94. The largest absolute Gasteiger partial charge is 0.506 e. The maximum atomic E-state index is 9.33. The molecule has 96 valence electrons. The van der Waals surface area contributed by atoms with Crippen LogP contribution in [0.2, 0.25) is 0 Å². The molecule has 0 radical (unpaired) electrons. The average Bonchev–Trinajstić information content (AvgIpc) is 2.77. The van der Waals surface area contributed by atoms with Crippen LogP contribution in [0.15, 0.2) is 23.0 Å². The van der Waals surface area contributed by atoms with Gasteiger partial charge in [0.25, 0.3) is 5.89 Å². The Balaban J connectivity index is 2.02. The lowest BCUT2D eigenvalue weighted by Gasteiger charge is -2.00. The van der Waals surface area contributed by atoms with Crippen LogP contribution in [0.25, 0.3) is 11.5 Å². The minimum atomic E-state index is 0.0847. The Hall–Kier alpha value is -1.56. The summed E-state index contributed by atoms with van der Waals surface area (Å²) in [5, 5.41) is 13.2. The van der Waals surface area contributed by atoms with Crippen molar-refractivity contribution in [2.45, 2.75) is 19.6 Å². The molecule has 0 aliphatic rings. The normalized spacial score (nSPS) is 11.1. The summed E-state index contributed by atoms with van der Waals surface area (Å²) < 4.78 is 5.14. The Bertz CT molecular complexity index is 514. The van der Waals surface area contributed by atoms with Gasteiger partial charge in [0.1, 0.15) is 5.75 Å². The van der Waals surface area contributed by atoms with Crippen molar-refractivity contribution in [3.8, 4) is 17.2 Å². The molecular formula is C12H15N3O2S. The van der Waals surface area contributed by atoms with E-state index in [0.29, 0.717) is 23.2 Å². The second-order valence-corrected chi connectivity index (χ2v) is 5.39. The van der Waals surface area contributed by atoms with Gasteiger partial charge in [-0.15, -0.1) is 0 Å².